The van der Waals surface area contributed by atoms with E-state index in [-0.39, 0.29) is 11.9 Å². The van der Waals surface area contributed by atoms with Crippen LogP contribution in [-0.4, -0.2) is 19.1 Å². The van der Waals surface area contributed by atoms with Gasteiger partial charge in [0.15, 0.2) is 0 Å². The third-order valence-electron chi connectivity index (χ3n) is 5.01. The molecule has 21 heavy (non-hydrogen) atoms. The zero-order valence-electron chi connectivity index (χ0n) is 13.1. The largest absolute Gasteiger partial charge is 0.369 e. The normalized spacial score (nSPS) is 21.7. The molecule has 0 unspecified atom stereocenters. The molecule has 1 heterocycles. The molecule has 1 saturated heterocycles. The van der Waals surface area contributed by atoms with Gasteiger partial charge in [0, 0.05) is 25.2 Å². The summed E-state index contributed by atoms with van der Waals surface area (Å²) in [5, 5.41) is 3.64. The highest BCUT2D eigenvalue weighted by Gasteiger charge is 2.19. The number of hydrogen-bond donors (Lipinski definition) is 1. The SMILES string of the molecule is C[C@H](NC1CCCC1)c1ccc(N2CCCCC2)c(F)c1. The number of halogens is 1. The molecule has 2 nitrogen and oxygen atoms in total. The second kappa shape index (κ2) is 6.78. The van der Waals surface area contributed by atoms with Crippen molar-refractivity contribution in [2.75, 3.05) is 18.0 Å². The summed E-state index contributed by atoms with van der Waals surface area (Å²) in [6.07, 6.45) is 8.82. The van der Waals surface area contributed by atoms with Gasteiger partial charge in [-0.2, -0.15) is 0 Å². The smallest absolute Gasteiger partial charge is 0.146 e. The minimum absolute atomic E-state index is 0.0607. The summed E-state index contributed by atoms with van der Waals surface area (Å²) in [4.78, 5) is 2.19. The van der Waals surface area contributed by atoms with Gasteiger partial charge in [0.05, 0.1) is 5.69 Å². The number of piperidine rings is 1. The van der Waals surface area contributed by atoms with Crippen LogP contribution in [0.25, 0.3) is 0 Å². The van der Waals surface area contributed by atoms with Gasteiger partial charge >= 0.3 is 0 Å². The summed E-state index contributed by atoms with van der Waals surface area (Å²) in [7, 11) is 0. The first-order valence-corrected chi connectivity index (χ1v) is 8.54. The van der Waals surface area contributed by atoms with Crippen molar-refractivity contribution >= 4 is 5.69 Å². The highest BCUT2D eigenvalue weighted by molar-refractivity contribution is 5.49. The molecule has 2 fully saturated rings. The molecule has 3 rings (SSSR count). The molecule has 116 valence electrons. The Morgan fingerprint density at radius 2 is 1.81 bits per heavy atom. The Kier molecular flexibility index (Phi) is 4.79. The molecule has 0 bridgehead atoms. The van der Waals surface area contributed by atoms with Crippen molar-refractivity contribution in [2.45, 2.75) is 64.0 Å². The second-order valence-corrected chi connectivity index (χ2v) is 6.63. The van der Waals surface area contributed by atoms with Crippen LogP contribution >= 0.6 is 0 Å². The fourth-order valence-electron chi connectivity index (χ4n) is 3.73. The quantitative estimate of drug-likeness (QED) is 0.883. The van der Waals surface area contributed by atoms with Crippen molar-refractivity contribution in [3.8, 4) is 0 Å². The third kappa shape index (κ3) is 3.57. The maximum absolute atomic E-state index is 14.4. The zero-order chi connectivity index (χ0) is 14.7. The zero-order valence-corrected chi connectivity index (χ0v) is 13.1. The highest BCUT2D eigenvalue weighted by atomic mass is 19.1. The number of hydrogen-bond acceptors (Lipinski definition) is 2. The molecule has 3 heteroatoms. The van der Waals surface area contributed by atoms with Crippen molar-refractivity contribution < 1.29 is 4.39 Å². The Labute approximate surface area is 127 Å². The predicted molar refractivity (Wildman–Crippen MR) is 86.3 cm³/mol. The summed E-state index contributed by atoms with van der Waals surface area (Å²) >= 11 is 0. The summed E-state index contributed by atoms with van der Waals surface area (Å²) in [5.41, 5.74) is 1.85. The van der Waals surface area contributed by atoms with Crippen molar-refractivity contribution in [1.82, 2.24) is 5.32 Å². The first-order valence-electron chi connectivity index (χ1n) is 8.54. The molecule has 0 amide bonds. The van der Waals surface area contributed by atoms with Gasteiger partial charge in [0.2, 0.25) is 0 Å². The molecule has 2 aliphatic rings. The van der Waals surface area contributed by atoms with Gasteiger partial charge in [0.25, 0.3) is 0 Å². The number of rotatable bonds is 4. The molecular formula is C18H27FN2. The maximum Gasteiger partial charge on any atom is 0.146 e. The molecular weight excluding hydrogens is 263 g/mol. The van der Waals surface area contributed by atoms with Crippen LogP contribution < -0.4 is 10.2 Å². The molecule has 1 N–H and O–H groups in total. The van der Waals surface area contributed by atoms with Crippen LogP contribution in [0.1, 0.15) is 63.5 Å². The van der Waals surface area contributed by atoms with Gasteiger partial charge < -0.3 is 10.2 Å². The molecule has 0 radical (unpaired) electrons. The van der Waals surface area contributed by atoms with Crippen molar-refractivity contribution in [2.24, 2.45) is 0 Å². The highest BCUT2D eigenvalue weighted by Crippen LogP contribution is 2.27. The lowest BCUT2D eigenvalue weighted by Crippen LogP contribution is -2.31. The standard InChI is InChI=1S/C18H27FN2/c1-14(20-16-7-3-4-8-16)15-9-10-18(17(19)13-15)21-11-5-2-6-12-21/h9-10,13-14,16,20H,2-8,11-12H2,1H3/t14-/m0/s1. The van der Waals surface area contributed by atoms with E-state index in [2.05, 4.69) is 23.2 Å². The van der Waals surface area contributed by atoms with Crippen molar-refractivity contribution in [3.05, 3.63) is 29.6 Å². The van der Waals surface area contributed by atoms with Crippen LogP contribution in [0.15, 0.2) is 18.2 Å². The minimum atomic E-state index is -0.0607. The van der Waals surface area contributed by atoms with Gasteiger partial charge in [-0.1, -0.05) is 18.9 Å². The number of nitrogens with zero attached hydrogens (tertiary/aromatic N) is 1. The van der Waals surface area contributed by atoms with Crippen LogP contribution in [0, 0.1) is 5.82 Å². The lowest BCUT2D eigenvalue weighted by atomic mass is 10.0. The number of benzene rings is 1. The number of anilines is 1. The van der Waals surface area contributed by atoms with Gasteiger partial charge in [-0.25, -0.2) is 4.39 Å². The van der Waals surface area contributed by atoms with E-state index in [0.717, 1.165) is 24.3 Å². The van der Waals surface area contributed by atoms with E-state index >= 15 is 0 Å². The first-order chi connectivity index (χ1) is 10.2. The van der Waals surface area contributed by atoms with Gasteiger partial charge in [0.1, 0.15) is 5.82 Å². The summed E-state index contributed by atoms with van der Waals surface area (Å²) in [6, 6.07) is 6.65. The molecule has 0 aromatic heterocycles. The fraction of sp³-hybridized carbons (Fsp3) is 0.667. The van der Waals surface area contributed by atoms with Crippen molar-refractivity contribution in [3.63, 3.8) is 0 Å². The van der Waals surface area contributed by atoms with E-state index in [4.69, 9.17) is 0 Å². The molecule has 1 atom stereocenters. The third-order valence-corrected chi connectivity index (χ3v) is 5.01. The molecule has 1 aromatic carbocycles. The average Bonchev–Trinajstić information content (AvgIpc) is 3.01. The van der Waals surface area contributed by atoms with E-state index in [1.54, 1.807) is 6.07 Å². The minimum Gasteiger partial charge on any atom is -0.369 e. The van der Waals surface area contributed by atoms with E-state index in [1.165, 1.54) is 44.9 Å². The van der Waals surface area contributed by atoms with Gasteiger partial charge in [-0.15, -0.1) is 0 Å². The molecule has 1 aliphatic heterocycles. The first kappa shape index (κ1) is 14.8. The Bertz CT molecular complexity index is 462. The summed E-state index contributed by atoms with van der Waals surface area (Å²) in [5.74, 6) is -0.0607. The fourth-order valence-corrected chi connectivity index (χ4v) is 3.73. The predicted octanol–water partition coefficient (Wildman–Crippen LogP) is 4.41. The number of nitrogens with one attached hydrogen (secondary N) is 1. The Balaban J connectivity index is 1.67. The van der Waals surface area contributed by atoms with Crippen LogP contribution in [-0.2, 0) is 0 Å². The topological polar surface area (TPSA) is 15.3 Å². The second-order valence-electron chi connectivity index (χ2n) is 6.63. The van der Waals surface area contributed by atoms with Crippen molar-refractivity contribution in [1.29, 1.82) is 0 Å². The summed E-state index contributed by atoms with van der Waals surface area (Å²) < 4.78 is 14.4. The van der Waals surface area contributed by atoms with E-state index < -0.39 is 0 Å². The van der Waals surface area contributed by atoms with Crippen LogP contribution in [0.5, 0.6) is 0 Å². The summed E-state index contributed by atoms with van der Waals surface area (Å²) in [6.45, 7) is 4.13. The van der Waals surface area contributed by atoms with Gasteiger partial charge in [-0.3, -0.25) is 0 Å². The Morgan fingerprint density at radius 1 is 1.10 bits per heavy atom. The van der Waals surface area contributed by atoms with Crippen LogP contribution in [0.4, 0.5) is 10.1 Å². The van der Waals surface area contributed by atoms with Crippen LogP contribution in [0.2, 0.25) is 0 Å². The monoisotopic (exact) mass is 290 g/mol. The molecule has 1 aliphatic carbocycles. The maximum atomic E-state index is 14.4. The molecule has 0 spiro atoms. The molecule has 1 saturated carbocycles. The van der Waals surface area contributed by atoms with Crippen LogP contribution in [0.3, 0.4) is 0 Å². The van der Waals surface area contributed by atoms with E-state index in [9.17, 15) is 4.39 Å². The molecule has 1 aromatic rings. The average molecular weight is 290 g/mol. The van der Waals surface area contributed by atoms with E-state index in [1.807, 2.05) is 6.07 Å². The van der Waals surface area contributed by atoms with Gasteiger partial charge in [-0.05, 0) is 56.7 Å². The van der Waals surface area contributed by atoms with E-state index in [0.29, 0.717) is 6.04 Å². The lowest BCUT2D eigenvalue weighted by Gasteiger charge is -2.29. The lowest BCUT2D eigenvalue weighted by molar-refractivity contribution is 0.459. The Morgan fingerprint density at radius 3 is 2.48 bits per heavy atom. The Hall–Kier alpha value is -1.09.